The predicted octanol–water partition coefficient (Wildman–Crippen LogP) is 5.53. The highest BCUT2D eigenvalue weighted by molar-refractivity contribution is 7.90. The zero-order valence-electron chi connectivity index (χ0n) is 20.5. The van der Waals surface area contributed by atoms with E-state index in [-0.39, 0.29) is 25.3 Å². The third-order valence-electron chi connectivity index (χ3n) is 5.48. The number of hydrogen-bond donors (Lipinski definition) is 2. The summed E-state index contributed by atoms with van der Waals surface area (Å²) in [5.74, 6) is -1.50. The van der Waals surface area contributed by atoms with Crippen LogP contribution in [0.25, 0.3) is 22.1 Å². The molecule has 1 unspecified atom stereocenters. The number of nitrogens with one attached hydrogen (secondary N) is 1. The highest BCUT2D eigenvalue weighted by atomic mass is 32.2. The lowest BCUT2D eigenvalue weighted by Crippen LogP contribution is -2.39. The molecule has 194 valence electrons. The Morgan fingerprint density at radius 1 is 1.16 bits per heavy atom. The maximum Gasteiger partial charge on any atom is 0.307 e. The first-order chi connectivity index (χ1) is 17.5. The molecular formula is C27H26F2N2O5S. The van der Waals surface area contributed by atoms with Crippen LogP contribution in [0.4, 0.5) is 8.78 Å². The lowest BCUT2D eigenvalue weighted by atomic mass is 10.0. The first-order valence-corrected chi connectivity index (χ1v) is 12.6. The lowest BCUT2D eigenvalue weighted by molar-refractivity contribution is -0.136. The fraction of sp³-hybridized carbons (Fsp3) is 0.259. The van der Waals surface area contributed by atoms with E-state index < -0.39 is 33.9 Å². The van der Waals surface area contributed by atoms with E-state index in [1.54, 1.807) is 30.5 Å². The number of benzene rings is 2. The van der Waals surface area contributed by atoms with E-state index in [0.717, 1.165) is 6.07 Å². The van der Waals surface area contributed by atoms with Gasteiger partial charge in [-0.05, 0) is 62.2 Å². The van der Waals surface area contributed by atoms with Crippen LogP contribution in [0.3, 0.4) is 0 Å². The van der Waals surface area contributed by atoms with Crippen molar-refractivity contribution in [1.82, 2.24) is 9.71 Å². The zero-order valence-corrected chi connectivity index (χ0v) is 21.3. The Kier molecular flexibility index (Phi) is 7.82. The summed E-state index contributed by atoms with van der Waals surface area (Å²) in [4.78, 5) is 15.5. The highest BCUT2D eigenvalue weighted by Crippen LogP contribution is 2.33. The Hall–Kier alpha value is -3.47. The van der Waals surface area contributed by atoms with Gasteiger partial charge in [0.15, 0.2) is 0 Å². The molecule has 0 radical (unpaired) electrons. The van der Waals surface area contributed by atoms with Crippen LogP contribution in [-0.4, -0.2) is 25.4 Å². The van der Waals surface area contributed by atoms with E-state index in [4.69, 9.17) is 14.3 Å². The summed E-state index contributed by atoms with van der Waals surface area (Å²) in [5, 5.41) is 9.64. The molecule has 2 heterocycles. The van der Waals surface area contributed by atoms with E-state index in [9.17, 15) is 18.1 Å². The van der Waals surface area contributed by atoms with Crippen molar-refractivity contribution >= 4 is 28.3 Å². The largest absolute Gasteiger partial charge is 0.598 e. The Balaban J connectivity index is 1.63. The number of pyridine rings is 1. The average molecular weight is 529 g/mol. The number of halogens is 2. The minimum Gasteiger partial charge on any atom is -0.598 e. The summed E-state index contributed by atoms with van der Waals surface area (Å²) in [5.41, 5.74) is 3.23. The molecule has 7 nitrogen and oxygen atoms in total. The number of hydrogen-bond acceptors (Lipinski definition) is 6. The Bertz CT molecular complexity index is 1430. The van der Waals surface area contributed by atoms with Gasteiger partial charge < -0.3 is 18.8 Å². The molecule has 0 aliphatic rings. The molecule has 0 saturated carbocycles. The third-order valence-corrected chi connectivity index (χ3v) is 7.00. The second kappa shape index (κ2) is 10.9. The molecule has 37 heavy (non-hydrogen) atoms. The smallest absolute Gasteiger partial charge is 0.307 e. The molecule has 0 fully saturated rings. The summed E-state index contributed by atoms with van der Waals surface area (Å²) in [7, 11) is 0. The van der Waals surface area contributed by atoms with Gasteiger partial charge in [-0.15, -0.1) is 4.72 Å². The molecule has 0 bridgehead atoms. The summed E-state index contributed by atoms with van der Waals surface area (Å²) >= 11 is -1.28. The second-order valence-electron chi connectivity index (χ2n) is 9.46. The van der Waals surface area contributed by atoms with Crippen LogP contribution in [-0.2, 0) is 35.7 Å². The molecule has 2 aromatic carbocycles. The van der Waals surface area contributed by atoms with Crippen LogP contribution in [0.1, 0.15) is 37.6 Å². The van der Waals surface area contributed by atoms with Gasteiger partial charge in [-0.25, -0.2) is 4.39 Å². The number of carboxylic acid groups (broad SMARTS) is 1. The predicted molar refractivity (Wildman–Crippen MR) is 136 cm³/mol. The van der Waals surface area contributed by atoms with E-state index in [2.05, 4.69) is 9.71 Å². The fourth-order valence-corrected chi connectivity index (χ4v) is 4.42. The fourth-order valence-electron chi connectivity index (χ4n) is 3.71. The van der Waals surface area contributed by atoms with Crippen molar-refractivity contribution < 1.29 is 32.4 Å². The normalized spacial score (nSPS) is 12.6. The number of fused-ring (bicyclic) bond motifs is 1. The Morgan fingerprint density at radius 3 is 2.68 bits per heavy atom. The number of aliphatic carboxylic acids is 1. The summed E-state index contributed by atoms with van der Waals surface area (Å²) in [6, 6.07) is 11.2. The maximum atomic E-state index is 14.1. The van der Waals surface area contributed by atoms with Crippen molar-refractivity contribution in [3.63, 3.8) is 0 Å². The first-order valence-electron chi connectivity index (χ1n) is 11.5. The van der Waals surface area contributed by atoms with E-state index in [1.165, 1.54) is 18.2 Å². The van der Waals surface area contributed by atoms with Crippen molar-refractivity contribution in [2.24, 2.45) is 0 Å². The van der Waals surface area contributed by atoms with Gasteiger partial charge in [0.1, 0.15) is 28.5 Å². The summed E-state index contributed by atoms with van der Waals surface area (Å²) in [6.07, 6.45) is 1.28. The van der Waals surface area contributed by atoms with Crippen molar-refractivity contribution in [3.05, 3.63) is 83.4 Å². The van der Waals surface area contributed by atoms with Crippen LogP contribution in [0.15, 0.2) is 59.1 Å². The standard InChI is InChI=1S/C27H26F2N2O5S/c1-27(2,3)37(34)31-14-21-10-17(6-7-30-21)22-9-16(8-19-11-24(29)36-26(19)22)15-35-23-13-20(28)5-4-18(23)12-25(32)33/h4-11,13,31H,12,14-15H2,1-3H3,(H,32,33). The molecule has 10 heteroatoms. The Morgan fingerprint density at radius 2 is 1.95 bits per heavy atom. The molecule has 0 aliphatic carbocycles. The molecule has 2 N–H and O–H groups in total. The number of aromatic nitrogens is 1. The molecular weight excluding hydrogens is 502 g/mol. The van der Waals surface area contributed by atoms with Crippen molar-refractivity contribution in [1.29, 1.82) is 0 Å². The summed E-state index contributed by atoms with van der Waals surface area (Å²) < 4.78 is 53.9. The van der Waals surface area contributed by atoms with Crippen LogP contribution in [0, 0.1) is 11.8 Å². The third kappa shape index (κ3) is 6.65. The van der Waals surface area contributed by atoms with Gasteiger partial charge in [0.2, 0.25) is 0 Å². The lowest BCUT2D eigenvalue weighted by Gasteiger charge is -2.23. The van der Waals surface area contributed by atoms with Gasteiger partial charge in [-0.2, -0.15) is 4.39 Å². The topological polar surface area (TPSA) is 108 Å². The molecule has 0 spiro atoms. The van der Waals surface area contributed by atoms with E-state index in [0.29, 0.717) is 38.9 Å². The minimum atomic E-state index is -1.28. The highest BCUT2D eigenvalue weighted by Gasteiger charge is 2.26. The van der Waals surface area contributed by atoms with Crippen LogP contribution < -0.4 is 9.46 Å². The molecule has 4 rings (SSSR count). The van der Waals surface area contributed by atoms with Crippen LogP contribution in [0.5, 0.6) is 5.75 Å². The van der Waals surface area contributed by atoms with Crippen molar-refractivity contribution in [2.45, 2.75) is 45.1 Å². The maximum absolute atomic E-state index is 14.1. The van der Waals surface area contributed by atoms with Crippen molar-refractivity contribution in [3.8, 4) is 16.9 Å². The number of rotatable bonds is 9. The molecule has 4 aromatic rings. The number of ether oxygens (including phenoxy) is 1. The molecule has 2 aromatic heterocycles. The molecule has 0 saturated heterocycles. The second-order valence-corrected chi connectivity index (χ2v) is 11.5. The molecule has 0 aliphatic heterocycles. The van der Waals surface area contributed by atoms with Crippen molar-refractivity contribution in [2.75, 3.05) is 0 Å². The Labute approximate surface area is 215 Å². The van der Waals surface area contributed by atoms with Gasteiger partial charge in [-0.1, -0.05) is 6.07 Å². The zero-order chi connectivity index (χ0) is 26.7. The van der Waals surface area contributed by atoms with Crippen LogP contribution >= 0.6 is 0 Å². The molecule has 1 atom stereocenters. The quantitative estimate of drug-likeness (QED) is 0.275. The van der Waals surface area contributed by atoms with Gasteiger partial charge in [0, 0.05) is 46.2 Å². The summed E-state index contributed by atoms with van der Waals surface area (Å²) in [6.45, 7) is 5.84. The SMILES string of the molecule is CC(C)(C)[S+]([O-])NCc1cc(-c2cc(COc3cc(F)ccc3CC(=O)O)cc3cc(F)oc23)ccn1. The van der Waals surface area contributed by atoms with Gasteiger partial charge in [0.25, 0.3) is 6.01 Å². The number of carboxylic acids is 1. The number of nitrogens with zero attached hydrogens (tertiary/aromatic N) is 1. The average Bonchev–Trinajstić information content (AvgIpc) is 3.21. The minimum absolute atomic E-state index is 0.0180. The monoisotopic (exact) mass is 528 g/mol. The van der Waals surface area contributed by atoms with Crippen LogP contribution in [0.2, 0.25) is 0 Å². The molecule has 0 amide bonds. The van der Waals surface area contributed by atoms with Gasteiger partial charge in [-0.3, -0.25) is 9.78 Å². The van der Waals surface area contributed by atoms with Gasteiger partial charge in [0.05, 0.1) is 18.7 Å². The van der Waals surface area contributed by atoms with Gasteiger partial charge >= 0.3 is 5.97 Å². The van der Waals surface area contributed by atoms with E-state index >= 15 is 0 Å². The number of furan rings is 1. The number of carbonyl (C=O) groups is 1. The van der Waals surface area contributed by atoms with E-state index in [1.807, 2.05) is 20.8 Å². The first kappa shape index (κ1) is 26.6.